The number of carboxylic acids is 1. The predicted octanol–water partition coefficient (Wildman–Crippen LogP) is 2.78. The fourth-order valence-corrected chi connectivity index (χ4v) is 3.34. The molecule has 1 N–H and O–H groups in total. The maximum Gasteiger partial charge on any atom is 0.323 e. The smallest absolute Gasteiger partial charge is 0.323 e. The topological polar surface area (TPSA) is 74.0 Å². The molecule has 0 aliphatic carbocycles. The molecule has 3 rings (SSSR count). The summed E-state index contributed by atoms with van der Waals surface area (Å²) in [5.74, 6) is -0.770. The van der Waals surface area contributed by atoms with Gasteiger partial charge in [-0.15, -0.1) is 0 Å². The molecule has 0 bridgehead atoms. The maximum absolute atomic E-state index is 12.7. The average molecular weight is 342 g/mol. The number of amides is 1. The number of aliphatic carboxylic acids is 1. The molecule has 1 unspecified atom stereocenters. The highest BCUT2D eigenvalue weighted by molar-refractivity contribution is 5.96. The number of likely N-dealkylation sites (N-methyl/N-ethyl adjacent to an activating group) is 1. The lowest BCUT2D eigenvalue weighted by Gasteiger charge is -2.25. The third-order valence-corrected chi connectivity index (χ3v) is 4.63. The van der Waals surface area contributed by atoms with Crippen LogP contribution in [0.3, 0.4) is 0 Å². The normalized spacial score (nSPS) is 15.9. The Morgan fingerprint density at radius 2 is 2.08 bits per heavy atom. The van der Waals surface area contributed by atoms with E-state index < -0.39 is 5.97 Å². The summed E-state index contributed by atoms with van der Waals surface area (Å²) >= 11 is 0. The molecule has 1 aromatic carbocycles. The van der Waals surface area contributed by atoms with E-state index in [0.29, 0.717) is 30.5 Å². The van der Waals surface area contributed by atoms with Gasteiger partial charge in [0.2, 0.25) is 0 Å². The molecule has 0 radical (unpaired) electrons. The summed E-state index contributed by atoms with van der Waals surface area (Å²) in [6.45, 7) is 4.41. The first-order valence-electron chi connectivity index (χ1n) is 8.43. The van der Waals surface area contributed by atoms with Gasteiger partial charge in [-0.3, -0.25) is 9.59 Å². The average Bonchev–Trinajstić information content (AvgIpc) is 3.17. The number of hydrogen-bond donors (Lipinski definition) is 1. The zero-order chi connectivity index (χ0) is 18.0. The van der Waals surface area contributed by atoms with Gasteiger partial charge < -0.3 is 19.3 Å². The molecule has 0 spiro atoms. The van der Waals surface area contributed by atoms with Crippen LogP contribution in [0.5, 0.6) is 0 Å². The molecule has 25 heavy (non-hydrogen) atoms. The molecule has 1 atom stereocenters. The van der Waals surface area contributed by atoms with Crippen molar-refractivity contribution in [2.75, 3.05) is 18.0 Å². The van der Waals surface area contributed by atoms with Gasteiger partial charge in [0.1, 0.15) is 12.3 Å². The first-order chi connectivity index (χ1) is 12.0. The van der Waals surface area contributed by atoms with E-state index in [1.165, 1.54) is 16.7 Å². The van der Waals surface area contributed by atoms with Crippen LogP contribution in [0.2, 0.25) is 0 Å². The van der Waals surface area contributed by atoms with Crippen molar-refractivity contribution in [3.8, 4) is 0 Å². The van der Waals surface area contributed by atoms with Gasteiger partial charge in [-0.1, -0.05) is 18.2 Å². The number of fused-ring (bicyclic) bond motifs is 1. The number of rotatable bonds is 6. The molecular formula is C19H22N2O4. The predicted molar refractivity (Wildman–Crippen MR) is 93.7 cm³/mol. The molecule has 1 aliphatic heterocycles. The Balaban J connectivity index is 1.83. The number of carboxylic acid groups (broad SMARTS) is 1. The molecule has 6 heteroatoms. The molecule has 2 heterocycles. The zero-order valence-electron chi connectivity index (χ0n) is 14.4. The van der Waals surface area contributed by atoms with Gasteiger partial charge in [-0.25, -0.2) is 0 Å². The lowest BCUT2D eigenvalue weighted by atomic mass is 10.1. The van der Waals surface area contributed by atoms with Crippen molar-refractivity contribution in [2.24, 2.45) is 0 Å². The standard InChI is InChI=1S/C19H22N2O4/c1-3-20(12-18(22)23)19(24)15-8-9-25-17(15)11-21-13(2)10-14-6-4-5-7-16(14)21/h4-9,13H,3,10-12H2,1-2H3,(H,22,23). The number of furan rings is 1. The molecule has 132 valence electrons. The Kier molecular flexibility index (Phi) is 4.79. The van der Waals surface area contributed by atoms with Gasteiger partial charge >= 0.3 is 5.97 Å². The Morgan fingerprint density at radius 3 is 2.80 bits per heavy atom. The molecule has 0 saturated heterocycles. The van der Waals surface area contributed by atoms with E-state index in [-0.39, 0.29) is 12.5 Å². The van der Waals surface area contributed by atoms with Crippen molar-refractivity contribution >= 4 is 17.6 Å². The summed E-state index contributed by atoms with van der Waals surface area (Å²) in [7, 11) is 0. The van der Waals surface area contributed by atoms with E-state index in [2.05, 4.69) is 24.0 Å². The van der Waals surface area contributed by atoms with Crippen molar-refractivity contribution in [3.63, 3.8) is 0 Å². The highest BCUT2D eigenvalue weighted by Gasteiger charge is 2.29. The number of para-hydroxylation sites is 1. The summed E-state index contributed by atoms with van der Waals surface area (Å²) in [4.78, 5) is 27.2. The van der Waals surface area contributed by atoms with Gasteiger partial charge in [-0.2, -0.15) is 0 Å². The van der Waals surface area contributed by atoms with Crippen LogP contribution in [0.25, 0.3) is 0 Å². The van der Waals surface area contributed by atoms with Crippen molar-refractivity contribution in [1.29, 1.82) is 0 Å². The Morgan fingerprint density at radius 1 is 1.32 bits per heavy atom. The van der Waals surface area contributed by atoms with Gasteiger partial charge in [-0.05, 0) is 38.0 Å². The van der Waals surface area contributed by atoms with E-state index in [1.807, 2.05) is 12.1 Å². The second kappa shape index (κ2) is 7.01. The highest BCUT2D eigenvalue weighted by atomic mass is 16.4. The van der Waals surface area contributed by atoms with Gasteiger partial charge in [0.25, 0.3) is 5.91 Å². The highest BCUT2D eigenvalue weighted by Crippen LogP contribution is 2.33. The lowest BCUT2D eigenvalue weighted by Crippen LogP contribution is -2.36. The van der Waals surface area contributed by atoms with Crippen LogP contribution in [-0.2, 0) is 17.8 Å². The third-order valence-electron chi connectivity index (χ3n) is 4.63. The molecule has 1 aromatic heterocycles. The Hall–Kier alpha value is -2.76. The van der Waals surface area contributed by atoms with Crippen LogP contribution in [0.15, 0.2) is 41.0 Å². The fraction of sp³-hybridized carbons (Fsp3) is 0.368. The van der Waals surface area contributed by atoms with Crippen LogP contribution in [0.1, 0.15) is 35.5 Å². The summed E-state index contributed by atoms with van der Waals surface area (Å²) in [6.07, 6.45) is 2.45. The fourth-order valence-electron chi connectivity index (χ4n) is 3.34. The van der Waals surface area contributed by atoms with E-state index in [9.17, 15) is 9.59 Å². The molecule has 2 aromatic rings. The molecule has 6 nitrogen and oxygen atoms in total. The first kappa shape index (κ1) is 17.1. The van der Waals surface area contributed by atoms with Crippen LogP contribution in [0, 0.1) is 0 Å². The van der Waals surface area contributed by atoms with Gasteiger partial charge in [0.15, 0.2) is 0 Å². The second-order valence-electron chi connectivity index (χ2n) is 6.28. The quantitative estimate of drug-likeness (QED) is 0.874. The minimum absolute atomic E-state index is 0.311. The largest absolute Gasteiger partial charge is 0.480 e. The zero-order valence-corrected chi connectivity index (χ0v) is 14.4. The van der Waals surface area contributed by atoms with E-state index in [0.717, 1.165) is 12.1 Å². The van der Waals surface area contributed by atoms with E-state index in [1.54, 1.807) is 13.0 Å². The number of hydrogen-bond acceptors (Lipinski definition) is 4. The summed E-state index contributed by atoms with van der Waals surface area (Å²) < 4.78 is 5.57. The van der Waals surface area contributed by atoms with E-state index in [4.69, 9.17) is 9.52 Å². The summed E-state index contributed by atoms with van der Waals surface area (Å²) in [5.41, 5.74) is 2.87. The number of carbonyl (C=O) groups is 2. The molecule has 0 fully saturated rings. The van der Waals surface area contributed by atoms with Crippen LogP contribution in [-0.4, -0.2) is 41.0 Å². The van der Waals surface area contributed by atoms with Crippen molar-refractivity contribution in [3.05, 3.63) is 53.5 Å². The van der Waals surface area contributed by atoms with E-state index >= 15 is 0 Å². The van der Waals surface area contributed by atoms with Crippen LogP contribution < -0.4 is 4.90 Å². The molecule has 1 aliphatic rings. The number of benzene rings is 1. The third kappa shape index (κ3) is 3.38. The molecule has 0 saturated carbocycles. The van der Waals surface area contributed by atoms with Crippen molar-refractivity contribution in [2.45, 2.75) is 32.9 Å². The number of carbonyl (C=O) groups excluding carboxylic acids is 1. The SMILES string of the molecule is CCN(CC(=O)O)C(=O)c1ccoc1CN1c2ccccc2CC1C. The van der Waals surface area contributed by atoms with Crippen molar-refractivity contribution in [1.82, 2.24) is 4.90 Å². The minimum Gasteiger partial charge on any atom is -0.480 e. The first-order valence-corrected chi connectivity index (χ1v) is 8.43. The summed E-state index contributed by atoms with van der Waals surface area (Å²) in [5, 5.41) is 8.98. The molecular weight excluding hydrogens is 320 g/mol. The Labute approximate surface area is 146 Å². The molecule has 1 amide bonds. The lowest BCUT2D eigenvalue weighted by molar-refractivity contribution is -0.137. The van der Waals surface area contributed by atoms with Crippen LogP contribution in [0.4, 0.5) is 5.69 Å². The summed E-state index contributed by atoms with van der Waals surface area (Å²) in [6, 6.07) is 10.2. The van der Waals surface area contributed by atoms with Gasteiger partial charge in [0.05, 0.1) is 18.4 Å². The maximum atomic E-state index is 12.7. The second-order valence-corrected chi connectivity index (χ2v) is 6.28. The minimum atomic E-state index is -1.03. The van der Waals surface area contributed by atoms with Crippen molar-refractivity contribution < 1.29 is 19.1 Å². The number of nitrogens with zero attached hydrogens (tertiary/aromatic N) is 2. The monoisotopic (exact) mass is 342 g/mol. The Bertz CT molecular complexity index is 783. The number of anilines is 1. The van der Waals surface area contributed by atoms with Crippen LogP contribution >= 0.6 is 0 Å². The van der Waals surface area contributed by atoms with Gasteiger partial charge in [0, 0.05) is 18.3 Å².